The van der Waals surface area contributed by atoms with Gasteiger partial charge in [-0.2, -0.15) is 0 Å². The Kier molecular flexibility index (Phi) is 14.4. The highest BCUT2D eigenvalue weighted by Crippen LogP contribution is 2.28. The molecule has 0 aliphatic rings. The van der Waals surface area contributed by atoms with E-state index < -0.39 is 23.8 Å². The summed E-state index contributed by atoms with van der Waals surface area (Å²) in [6.45, 7) is 18.4. The number of hydrogen-bond donors (Lipinski definition) is 2. The molecule has 2 atom stereocenters. The predicted octanol–water partition coefficient (Wildman–Crippen LogP) is 6.61. The van der Waals surface area contributed by atoms with Gasteiger partial charge in [0.1, 0.15) is 17.7 Å². The molecule has 3 amide bonds. The molecule has 0 radical (unpaired) electrons. The zero-order chi connectivity index (χ0) is 28.9. The lowest BCUT2D eigenvalue weighted by molar-refractivity contribution is -0.143. The summed E-state index contributed by atoms with van der Waals surface area (Å²) in [5.74, 6) is -0.645. The van der Waals surface area contributed by atoms with Crippen molar-refractivity contribution in [1.82, 2.24) is 15.5 Å². The van der Waals surface area contributed by atoms with Crippen LogP contribution in [0.15, 0.2) is 18.2 Å². The highest BCUT2D eigenvalue weighted by Gasteiger charge is 2.37. The second kappa shape index (κ2) is 16.4. The van der Waals surface area contributed by atoms with Crippen LogP contribution in [0.25, 0.3) is 0 Å². The molecule has 2 unspecified atom stereocenters. The number of nitrogens with one attached hydrogen (secondary N) is 2. The van der Waals surface area contributed by atoms with Crippen molar-refractivity contribution in [1.29, 1.82) is 0 Å². The Morgan fingerprint density at radius 1 is 0.947 bits per heavy atom. The summed E-state index contributed by atoms with van der Waals surface area (Å²) in [5.41, 5.74) is 2.19. The Labute approximate surface area is 231 Å². The predicted molar refractivity (Wildman–Crippen MR) is 155 cm³/mol. The standard InChI is InChI=1S/C31H53N3O4/c1-10-12-14-16-20-34(29(36)26(22(3)4)33-30(37)38-31(7,8)9)27(28(35)32-19-15-13-11-2)25-18-17-23(5)21-24(25)6/h17-18,21-22,26-27H,10-16,19-20H2,1-9H3,(H,32,35)(H,33,37). The summed E-state index contributed by atoms with van der Waals surface area (Å²) in [4.78, 5) is 42.3. The number of rotatable bonds is 15. The van der Waals surface area contributed by atoms with Gasteiger partial charge in [-0.3, -0.25) is 9.59 Å². The largest absolute Gasteiger partial charge is 0.444 e. The Balaban J connectivity index is 3.47. The number of ether oxygens (including phenoxy) is 1. The minimum absolute atomic E-state index is 0.184. The van der Waals surface area contributed by atoms with Crippen molar-refractivity contribution in [2.45, 2.75) is 125 Å². The van der Waals surface area contributed by atoms with Crippen LogP contribution in [0.3, 0.4) is 0 Å². The molecule has 0 heterocycles. The molecule has 1 aromatic rings. The van der Waals surface area contributed by atoms with Gasteiger partial charge in [0, 0.05) is 13.1 Å². The number of nitrogens with zero attached hydrogens (tertiary/aromatic N) is 1. The molecule has 0 aromatic heterocycles. The summed E-state index contributed by atoms with van der Waals surface area (Å²) in [6.07, 6.45) is 6.22. The lowest BCUT2D eigenvalue weighted by atomic mass is 9.94. The fraction of sp³-hybridized carbons (Fsp3) is 0.710. The van der Waals surface area contributed by atoms with Gasteiger partial charge in [0.15, 0.2) is 0 Å². The maximum Gasteiger partial charge on any atom is 0.408 e. The number of benzene rings is 1. The Morgan fingerprint density at radius 2 is 1.58 bits per heavy atom. The van der Waals surface area contributed by atoms with Gasteiger partial charge in [0.05, 0.1) is 0 Å². The van der Waals surface area contributed by atoms with Gasteiger partial charge in [0.2, 0.25) is 11.8 Å². The molecule has 0 aliphatic carbocycles. The van der Waals surface area contributed by atoms with E-state index >= 15 is 0 Å². The molecule has 1 rings (SSSR count). The normalized spacial score (nSPS) is 13.1. The molecule has 7 nitrogen and oxygen atoms in total. The zero-order valence-corrected chi connectivity index (χ0v) is 25.4. The van der Waals surface area contributed by atoms with Crippen molar-refractivity contribution in [3.8, 4) is 0 Å². The summed E-state index contributed by atoms with van der Waals surface area (Å²) >= 11 is 0. The lowest BCUT2D eigenvalue weighted by Gasteiger charge is -2.36. The zero-order valence-electron chi connectivity index (χ0n) is 25.4. The van der Waals surface area contributed by atoms with Gasteiger partial charge in [-0.15, -0.1) is 0 Å². The molecule has 0 aliphatic heterocycles. The van der Waals surface area contributed by atoms with Crippen molar-refractivity contribution in [2.24, 2.45) is 5.92 Å². The van der Waals surface area contributed by atoms with Gasteiger partial charge in [-0.05, 0) is 64.5 Å². The molecule has 0 bridgehead atoms. The first-order valence-corrected chi connectivity index (χ1v) is 14.5. The minimum Gasteiger partial charge on any atom is -0.444 e. The summed E-state index contributed by atoms with van der Waals surface area (Å²) < 4.78 is 5.46. The van der Waals surface area contributed by atoms with Crippen molar-refractivity contribution >= 4 is 17.9 Å². The van der Waals surface area contributed by atoms with Crippen LogP contribution >= 0.6 is 0 Å². The van der Waals surface area contributed by atoms with Crippen LogP contribution in [0.2, 0.25) is 0 Å². The van der Waals surface area contributed by atoms with Crippen LogP contribution in [-0.2, 0) is 14.3 Å². The summed E-state index contributed by atoms with van der Waals surface area (Å²) in [6, 6.07) is 4.38. The topological polar surface area (TPSA) is 87.7 Å². The number of amides is 3. The number of hydrogen-bond acceptors (Lipinski definition) is 4. The fourth-order valence-electron chi connectivity index (χ4n) is 4.47. The molecule has 38 heavy (non-hydrogen) atoms. The average Bonchev–Trinajstić information content (AvgIpc) is 2.81. The van der Waals surface area contributed by atoms with E-state index in [0.717, 1.165) is 61.6 Å². The second-order valence-corrected chi connectivity index (χ2v) is 11.7. The van der Waals surface area contributed by atoms with E-state index in [1.165, 1.54) is 0 Å². The van der Waals surface area contributed by atoms with Crippen molar-refractivity contribution < 1.29 is 19.1 Å². The lowest BCUT2D eigenvalue weighted by Crippen LogP contribution is -2.55. The maximum atomic E-state index is 14.2. The molecule has 0 saturated heterocycles. The van der Waals surface area contributed by atoms with Crippen molar-refractivity contribution in [2.75, 3.05) is 13.1 Å². The maximum absolute atomic E-state index is 14.2. The smallest absolute Gasteiger partial charge is 0.408 e. The number of unbranched alkanes of at least 4 members (excludes halogenated alkanes) is 5. The van der Waals surface area contributed by atoms with Crippen LogP contribution in [0.5, 0.6) is 0 Å². The van der Waals surface area contributed by atoms with Crippen LogP contribution in [0, 0.1) is 19.8 Å². The van der Waals surface area contributed by atoms with Gasteiger partial charge in [0.25, 0.3) is 0 Å². The van der Waals surface area contributed by atoms with E-state index in [1.807, 2.05) is 45.9 Å². The van der Waals surface area contributed by atoms with Gasteiger partial charge < -0.3 is 20.3 Å². The highest BCUT2D eigenvalue weighted by molar-refractivity contribution is 5.92. The number of aryl methyl sites for hydroxylation is 2. The van der Waals surface area contributed by atoms with E-state index in [2.05, 4.69) is 24.5 Å². The Morgan fingerprint density at radius 3 is 2.13 bits per heavy atom. The third kappa shape index (κ3) is 11.4. The summed E-state index contributed by atoms with van der Waals surface area (Å²) in [7, 11) is 0. The number of carbonyl (C=O) groups excluding carboxylic acids is 3. The average molecular weight is 532 g/mol. The first-order chi connectivity index (χ1) is 17.8. The quantitative estimate of drug-likeness (QED) is 0.249. The molecular weight excluding hydrogens is 478 g/mol. The third-order valence-corrected chi connectivity index (χ3v) is 6.50. The van der Waals surface area contributed by atoms with Crippen LogP contribution in [0.4, 0.5) is 4.79 Å². The summed E-state index contributed by atoms with van der Waals surface area (Å²) in [5, 5.41) is 5.89. The van der Waals surface area contributed by atoms with Gasteiger partial charge in [-0.1, -0.05) is 83.6 Å². The molecular formula is C31H53N3O4. The second-order valence-electron chi connectivity index (χ2n) is 11.7. The molecule has 2 N–H and O–H groups in total. The third-order valence-electron chi connectivity index (χ3n) is 6.50. The fourth-order valence-corrected chi connectivity index (χ4v) is 4.47. The van der Waals surface area contributed by atoms with Crippen molar-refractivity contribution in [3.63, 3.8) is 0 Å². The van der Waals surface area contributed by atoms with Crippen LogP contribution < -0.4 is 10.6 Å². The van der Waals surface area contributed by atoms with E-state index in [9.17, 15) is 14.4 Å². The Hall–Kier alpha value is -2.57. The van der Waals surface area contributed by atoms with E-state index in [4.69, 9.17) is 4.74 Å². The van der Waals surface area contributed by atoms with Gasteiger partial charge in [-0.25, -0.2) is 4.79 Å². The number of carbonyl (C=O) groups is 3. The SMILES string of the molecule is CCCCCCN(C(=O)C(NC(=O)OC(C)(C)C)C(C)C)C(C(=O)NCCCCC)c1ccc(C)cc1C. The van der Waals surface area contributed by atoms with E-state index in [1.54, 1.807) is 25.7 Å². The minimum atomic E-state index is -0.822. The first-order valence-electron chi connectivity index (χ1n) is 14.5. The Bertz CT molecular complexity index is 892. The van der Waals surface area contributed by atoms with Crippen LogP contribution in [-0.4, -0.2) is 47.5 Å². The molecule has 0 saturated carbocycles. The molecule has 0 spiro atoms. The van der Waals surface area contributed by atoms with Gasteiger partial charge >= 0.3 is 6.09 Å². The highest BCUT2D eigenvalue weighted by atomic mass is 16.6. The molecule has 1 aromatic carbocycles. The van der Waals surface area contributed by atoms with Crippen LogP contribution in [0.1, 0.15) is 116 Å². The van der Waals surface area contributed by atoms with E-state index in [-0.39, 0.29) is 17.7 Å². The molecule has 216 valence electrons. The monoisotopic (exact) mass is 531 g/mol. The molecule has 0 fully saturated rings. The first kappa shape index (κ1) is 33.5. The number of alkyl carbamates (subject to hydrolysis) is 1. The van der Waals surface area contributed by atoms with Crippen molar-refractivity contribution in [3.05, 3.63) is 34.9 Å². The van der Waals surface area contributed by atoms with E-state index in [0.29, 0.717) is 13.1 Å². The molecule has 7 heteroatoms.